The monoisotopic (exact) mass is 284 g/mol. The van der Waals surface area contributed by atoms with Crippen molar-refractivity contribution in [2.45, 2.75) is 13.3 Å². The lowest BCUT2D eigenvalue weighted by atomic mass is 9.87. The van der Waals surface area contributed by atoms with Crippen LogP contribution < -0.4 is 0 Å². The first-order chi connectivity index (χ1) is 7.00. The molecule has 0 bridgehead atoms. The molecule has 0 aliphatic heterocycles. The van der Waals surface area contributed by atoms with E-state index in [9.17, 15) is 0 Å². The number of hydrogen-bond acceptors (Lipinski definition) is 0. The van der Waals surface area contributed by atoms with Crippen molar-refractivity contribution in [1.29, 1.82) is 0 Å². The third kappa shape index (κ3) is 3.71. The zero-order chi connectivity index (χ0) is 11.5. The van der Waals surface area contributed by atoms with E-state index in [0.717, 1.165) is 12.0 Å². The smallest absolute Gasteiger partial charge is 0.0439 e. The summed E-state index contributed by atoms with van der Waals surface area (Å²) in [5.41, 5.74) is 0.852. The molecule has 0 aromatic heterocycles. The normalized spacial score (nSPS) is 11.8. The highest BCUT2D eigenvalue weighted by Crippen LogP contribution is 2.30. The molecule has 0 radical (unpaired) electrons. The predicted octanol–water partition coefficient (Wildman–Crippen LogP) is 5.02. The van der Waals surface area contributed by atoms with Crippen LogP contribution in [0.1, 0.15) is 12.5 Å². The number of benzene rings is 1. The highest BCUT2D eigenvalue weighted by Gasteiger charge is 2.23. The fraction of sp³-hybridized carbons (Fsp3) is 0.455. The van der Waals surface area contributed by atoms with Gasteiger partial charge in [-0.05, 0) is 35.6 Å². The van der Waals surface area contributed by atoms with E-state index >= 15 is 0 Å². The lowest BCUT2D eigenvalue weighted by molar-refractivity contribution is 0.425. The lowest BCUT2D eigenvalue weighted by Crippen LogP contribution is -2.23. The van der Waals surface area contributed by atoms with Crippen LogP contribution in [-0.4, -0.2) is 11.8 Å². The van der Waals surface area contributed by atoms with Crippen molar-refractivity contribution in [3.05, 3.63) is 33.8 Å². The zero-order valence-corrected chi connectivity index (χ0v) is 11.4. The van der Waals surface area contributed by atoms with Crippen molar-refractivity contribution < 1.29 is 0 Å². The molecule has 0 amide bonds. The highest BCUT2D eigenvalue weighted by atomic mass is 35.5. The SMILES string of the molecule is CC(CCl)(CCl)Cc1cc(Cl)ccc1Cl. The van der Waals surface area contributed by atoms with Gasteiger partial charge in [-0.2, -0.15) is 0 Å². The zero-order valence-electron chi connectivity index (χ0n) is 8.37. The Morgan fingerprint density at radius 2 is 1.73 bits per heavy atom. The summed E-state index contributed by atoms with van der Waals surface area (Å²) in [5.74, 6) is 0.999. The van der Waals surface area contributed by atoms with Crippen LogP contribution in [0.3, 0.4) is 0 Å². The van der Waals surface area contributed by atoms with Gasteiger partial charge in [-0.15, -0.1) is 23.2 Å². The molecule has 0 spiro atoms. The molecule has 0 aliphatic carbocycles. The minimum Gasteiger partial charge on any atom is -0.126 e. The minimum atomic E-state index is -0.141. The molecule has 0 aliphatic rings. The summed E-state index contributed by atoms with van der Waals surface area (Å²) in [6.45, 7) is 2.03. The number of rotatable bonds is 4. The van der Waals surface area contributed by atoms with E-state index in [-0.39, 0.29) is 5.41 Å². The van der Waals surface area contributed by atoms with Gasteiger partial charge in [0.25, 0.3) is 0 Å². The topological polar surface area (TPSA) is 0 Å². The third-order valence-electron chi connectivity index (χ3n) is 2.27. The van der Waals surface area contributed by atoms with Crippen molar-refractivity contribution in [2.75, 3.05) is 11.8 Å². The molecular formula is C11H12Cl4. The summed E-state index contributed by atoms with van der Waals surface area (Å²) in [6.07, 6.45) is 0.736. The van der Waals surface area contributed by atoms with Gasteiger partial charge in [-0.25, -0.2) is 0 Å². The molecule has 15 heavy (non-hydrogen) atoms. The summed E-state index contributed by atoms with van der Waals surface area (Å²) in [5, 5.41) is 1.39. The highest BCUT2D eigenvalue weighted by molar-refractivity contribution is 6.33. The Balaban J connectivity index is 2.92. The summed E-state index contributed by atoms with van der Waals surface area (Å²) >= 11 is 23.8. The average Bonchev–Trinajstić information content (AvgIpc) is 2.23. The third-order valence-corrected chi connectivity index (χ3v) is 4.16. The van der Waals surface area contributed by atoms with E-state index < -0.39 is 0 Å². The van der Waals surface area contributed by atoms with Crippen LogP contribution in [0.2, 0.25) is 10.0 Å². The molecule has 0 nitrogen and oxygen atoms in total. The van der Waals surface area contributed by atoms with Crippen LogP contribution in [0.4, 0.5) is 0 Å². The Hall–Kier alpha value is 0.380. The largest absolute Gasteiger partial charge is 0.126 e. The molecule has 0 fully saturated rings. The van der Waals surface area contributed by atoms with Crippen LogP contribution in [-0.2, 0) is 6.42 Å². The van der Waals surface area contributed by atoms with E-state index in [1.165, 1.54) is 0 Å². The Labute approximate surface area is 110 Å². The molecule has 1 rings (SSSR count). The maximum Gasteiger partial charge on any atom is 0.0439 e. The molecule has 1 aromatic rings. The predicted molar refractivity (Wildman–Crippen MR) is 69.7 cm³/mol. The molecule has 0 heterocycles. The Kier molecular flexibility index (Phi) is 5.05. The first-order valence-electron chi connectivity index (χ1n) is 4.56. The van der Waals surface area contributed by atoms with Crippen molar-refractivity contribution >= 4 is 46.4 Å². The van der Waals surface area contributed by atoms with E-state index in [1.807, 2.05) is 13.0 Å². The van der Waals surface area contributed by atoms with Crippen molar-refractivity contribution in [1.82, 2.24) is 0 Å². The molecule has 4 heteroatoms. The summed E-state index contributed by atoms with van der Waals surface area (Å²) < 4.78 is 0. The molecular weight excluding hydrogens is 274 g/mol. The van der Waals surface area contributed by atoms with Gasteiger partial charge in [0, 0.05) is 21.8 Å². The fourth-order valence-corrected chi connectivity index (χ4v) is 2.12. The molecule has 0 saturated carbocycles. The number of hydrogen-bond donors (Lipinski definition) is 0. The van der Waals surface area contributed by atoms with E-state index in [4.69, 9.17) is 46.4 Å². The van der Waals surface area contributed by atoms with Gasteiger partial charge in [0.15, 0.2) is 0 Å². The van der Waals surface area contributed by atoms with Crippen LogP contribution in [0, 0.1) is 5.41 Å². The minimum absolute atomic E-state index is 0.141. The van der Waals surface area contributed by atoms with Gasteiger partial charge in [0.05, 0.1) is 0 Å². The molecule has 0 saturated heterocycles. The first kappa shape index (κ1) is 13.4. The molecule has 0 N–H and O–H groups in total. The molecule has 0 unspecified atom stereocenters. The Morgan fingerprint density at radius 3 is 2.27 bits per heavy atom. The molecule has 84 valence electrons. The van der Waals surface area contributed by atoms with Gasteiger partial charge in [-0.3, -0.25) is 0 Å². The molecule has 1 aromatic carbocycles. The van der Waals surface area contributed by atoms with Gasteiger partial charge in [-0.1, -0.05) is 30.1 Å². The van der Waals surface area contributed by atoms with Crippen LogP contribution in [0.5, 0.6) is 0 Å². The standard InChI is InChI=1S/C11H12Cl4/c1-11(6-12,7-13)5-8-4-9(14)2-3-10(8)15/h2-4H,5-7H2,1H3. The van der Waals surface area contributed by atoms with Gasteiger partial charge >= 0.3 is 0 Å². The summed E-state index contributed by atoms with van der Waals surface area (Å²) in [7, 11) is 0. The quantitative estimate of drug-likeness (QED) is 0.682. The Bertz CT molecular complexity index is 331. The van der Waals surface area contributed by atoms with Crippen molar-refractivity contribution in [3.8, 4) is 0 Å². The van der Waals surface area contributed by atoms with Gasteiger partial charge in [0.1, 0.15) is 0 Å². The molecule has 0 atom stereocenters. The second kappa shape index (κ2) is 5.63. The Morgan fingerprint density at radius 1 is 1.13 bits per heavy atom. The number of alkyl halides is 2. The van der Waals surface area contributed by atoms with E-state index in [2.05, 4.69) is 0 Å². The summed E-state index contributed by atoms with van der Waals surface area (Å²) in [4.78, 5) is 0. The summed E-state index contributed by atoms with van der Waals surface area (Å²) in [6, 6.07) is 5.43. The maximum absolute atomic E-state index is 6.07. The first-order valence-corrected chi connectivity index (χ1v) is 6.39. The van der Waals surface area contributed by atoms with E-state index in [0.29, 0.717) is 21.8 Å². The second-order valence-corrected chi connectivity index (χ2v) is 5.37. The van der Waals surface area contributed by atoms with Crippen molar-refractivity contribution in [3.63, 3.8) is 0 Å². The maximum atomic E-state index is 6.07. The van der Waals surface area contributed by atoms with Gasteiger partial charge in [0.2, 0.25) is 0 Å². The van der Waals surface area contributed by atoms with Crippen LogP contribution >= 0.6 is 46.4 Å². The number of halogens is 4. The van der Waals surface area contributed by atoms with Gasteiger partial charge < -0.3 is 0 Å². The second-order valence-electron chi connectivity index (χ2n) is 3.99. The van der Waals surface area contributed by atoms with Crippen LogP contribution in [0.15, 0.2) is 18.2 Å². The van der Waals surface area contributed by atoms with Crippen LogP contribution in [0.25, 0.3) is 0 Å². The average molecular weight is 286 g/mol. The van der Waals surface area contributed by atoms with Crippen molar-refractivity contribution in [2.24, 2.45) is 5.41 Å². The fourth-order valence-electron chi connectivity index (χ4n) is 1.27. The van der Waals surface area contributed by atoms with E-state index in [1.54, 1.807) is 12.1 Å². The lowest BCUT2D eigenvalue weighted by Gasteiger charge is -2.24.